The predicted molar refractivity (Wildman–Crippen MR) is 215 cm³/mol. The second kappa shape index (κ2) is 18.2. The van der Waals surface area contributed by atoms with Crippen LogP contribution in [0.2, 0.25) is 0 Å². The Morgan fingerprint density at radius 1 is 0.755 bits per heavy atom. The van der Waals surface area contributed by atoms with Crippen molar-refractivity contribution in [3.05, 3.63) is 137 Å². The summed E-state index contributed by atoms with van der Waals surface area (Å²) in [6.07, 6.45) is 12.3. The van der Waals surface area contributed by atoms with E-state index in [4.69, 9.17) is 0 Å². The number of carbonyl (C=O) groups is 2. The maximum absolute atomic E-state index is 13.8. The molecule has 1 aromatic heterocycles. The lowest BCUT2D eigenvalue weighted by molar-refractivity contribution is -0.127. The van der Waals surface area contributed by atoms with E-state index < -0.39 is 0 Å². The minimum atomic E-state index is -0.0712. The van der Waals surface area contributed by atoms with E-state index in [0.717, 1.165) is 82.4 Å². The van der Waals surface area contributed by atoms with Gasteiger partial charge < -0.3 is 15.1 Å². The smallest absolute Gasteiger partial charge is 0.253 e. The minimum Gasteiger partial charge on any atom is -0.339 e. The van der Waals surface area contributed by atoms with Crippen molar-refractivity contribution in [2.75, 3.05) is 26.2 Å². The van der Waals surface area contributed by atoms with Crippen LogP contribution in [-0.2, 0) is 17.9 Å². The molecule has 0 saturated carbocycles. The van der Waals surface area contributed by atoms with Crippen molar-refractivity contribution in [2.24, 2.45) is 11.8 Å². The molecular formula is C45H49N5O2S. The van der Waals surface area contributed by atoms with Crippen LogP contribution >= 0.6 is 11.5 Å². The first-order chi connectivity index (χ1) is 26.1. The Kier molecular flexibility index (Phi) is 12.5. The highest BCUT2D eigenvalue weighted by Gasteiger charge is 2.24. The molecule has 0 atom stereocenters. The summed E-state index contributed by atoms with van der Waals surface area (Å²) in [6.45, 7) is 4.89. The number of hydrogen-bond donors (Lipinski definition) is 1. The average molecular weight is 724 g/mol. The third-order valence-electron chi connectivity index (χ3n) is 10.8. The highest BCUT2D eigenvalue weighted by molar-refractivity contribution is 7.03. The largest absolute Gasteiger partial charge is 0.339 e. The van der Waals surface area contributed by atoms with Crippen LogP contribution in [0.25, 0.3) is 28.5 Å². The third-order valence-corrected chi connectivity index (χ3v) is 11.3. The van der Waals surface area contributed by atoms with Crippen LogP contribution in [0.3, 0.4) is 0 Å². The Morgan fingerprint density at radius 2 is 1.40 bits per heavy atom. The van der Waals surface area contributed by atoms with E-state index in [9.17, 15) is 9.59 Å². The molecule has 2 saturated heterocycles. The second-order valence-electron chi connectivity index (χ2n) is 14.6. The monoisotopic (exact) mass is 723 g/mol. The van der Waals surface area contributed by atoms with E-state index in [-0.39, 0.29) is 11.8 Å². The van der Waals surface area contributed by atoms with Gasteiger partial charge in [-0.05, 0) is 120 Å². The van der Waals surface area contributed by atoms with Gasteiger partial charge in [0.05, 0.1) is 0 Å². The molecule has 1 N–H and O–H groups in total. The molecule has 0 radical (unpaired) electrons. The number of benzene rings is 4. The maximum atomic E-state index is 13.8. The number of aromatic nitrogens is 2. The van der Waals surface area contributed by atoms with E-state index in [1.54, 1.807) is 6.08 Å². The molecule has 7 rings (SSSR count). The molecule has 0 unspecified atom stereocenters. The molecule has 8 heteroatoms. The fourth-order valence-electron chi connectivity index (χ4n) is 7.76. The number of rotatable bonds is 13. The van der Waals surface area contributed by atoms with Gasteiger partial charge in [0.15, 0.2) is 0 Å². The number of amides is 2. The second-order valence-corrected chi connectivity index (χ2v) is 15.2. The molecule has 5 aromatic rings. The lowest BCUT2D eigenvalue weighted by atomic mass is 9.87. The van der Waals surface area contributed by atoms with E-state index in [1.165, 1.54) is 56.7 Å². The van der Waals surface area contributed by atoms with Gasteiger partial charge in [0.1, 0.15) is 5.69 Å². The van der Waals surface area contributed by atoms with Crippen molar-refractivity contribution in [1.29, 1.82) is 0 Å². The number of hydrogen-bond acceptors (Lipinski definition) is 6. The van der Waals surface area contributed by atoms with Gasteiger partial charge in [-0.15, -0.1) is 5.10 Å². The standard InChI is InChI=1S/C45H49N5O2S/c51-44(19-18-34-8-2-1-3-9-34)50(32-38-13-6-16-41(29-38)43-33-53-48-47-43)31-37-12-5-14-39(28-37)40-15-7-17-42(30-40)45(52)49-26-22-36(23-27-49)11-4-10-35-20-24-46-25-21-35/h1-3,5-9,12-19,28-30,33,35-36,46H,4,10-11,20-27,31-32H2. The molecule has 4 aromatic carbocycles. The Labute approximate surface area is 317 Å². The zero-order chi connectivity index (χ0) is 36.2. The number of likely N-dealkylation sites (tertiary alicyclic amines) is 1. The van der Waals surface area contributed by atoms with Gasteiger partial charge in [0, 0.05) is 48.8 Å². The van der Waals surface area contributed by atoms with Crippen LogP contribution in [0.4, 0.5) is 0 Å². The highest BCUT2D eigenvalue weighted by Crippen LogP contribution is 2.28. The van der Waals surface area contributed by atoms with Crippen molar-refractivity contribution in [1.82, 2.24) is 24.7 Å². The first-order valence-corrected chi connectivity index (χ1v) is 20.0. The highest BCUT2D eigenvalue weighted by atomic mass is 32.1. The minimum absolute atomic E-state index is 0.0712. The summed E-state index contributed by atoms with van der Waals surface area (Å²) in [7, 11) is 0. The summed E-state index contributed by atoms with van der Waals surface area (Å²) in [5.74, 6) is 1.67. The van der Waals surface area contributed by atoms with E-state index in [2.05, 4.69) is 45.2 Å². The fraction of sp³-hybridized carbons (Fsp3) is 0.333. The van der Waals surface area contributed by atoms with E-state index in [0.29, 0.717) is 13.1 Å². The van der Waals surface area contributed by atoms with Gasteiger partial charge in [-0.3, -0.25) is 9.59 Å². The molecule has 2 amide bonds. The Hall–Kier alpha value is -4.92. The zero-order valence-corrected chi connectivity index (χ0v) is 31.2. The van der Waals surface area contributed by atoms with Crippen LogP contribution in [0, 0.1) is 11.8 Å². The van der Waals surface area contributed by atoms with E-state index in [1.807, 2.05) is 94.1 Å². The summed E-state index contributed by atoms with van der Waals surface area (Å²) in [5.41, 5.74) is 7.57. The first kappa shape index (κ1) is 36.4. The molecule has 0 bridgehead atoms. The SMILES string of the molecule is O=C(C=Cc1ccccc1)N(Cc1cccc(-c2cccc(C(=O)N3CCC(CCCC4CCNCC4)CC3)c2)c1)Cc1cccc(-c2csnn2)c1. The summed E-state index contributed by atoms with van der Waals surface area (Å²) < 4.78 is 4.02. The number of carbonyl (C=O) groups excluding carboxylic acids is 2. The summed E-state index contributed by atoms with van der Waals surface area (Å²) in [5, 5.41) is 9.64. The van der Waals surface area contributed by atoms with Gasteiger partial charge in [0.2, 0.25) is 5.91 Å². The molecule has 0 spiro atoms. The van der Waals surface area contributed by atoms with Crippen molar-refractivity contribution in [3.63, 3.8) is 0 Å². The van der Waals surface area contributed by atoms with Crippen molar-refractivity contribution in [2.45, 2.75) is 58.0 Å². The van der Waals surface area contributed by atoms with Gasteiger partial charge >= 0.3 is 0 Å². The molecule has 0 aliphatic carbocycles. The molecule has 7 nitrogen and oxygen atoms in total. The van der Waals surface area contributed by atoms with E-state index >= 15 is 0 Å². The average Bonchev–Trinajstić information content (AvgIpc) is 3.77. The van der Waals surface area contributed by atoms with Crippen LogP contribution in [0.1, 0.15) is 72.0 Å². The zero-order valence-electron chi connectivity index (χ0n) is 30.4. The van der Waals surface area contributed by atoms with Gasteiger partial charge in [-0.25, -0.2) is 0 Å². The quantitative estimate of drug-likeness (QED) is 0.123. The first-order valence-electron chi connectivity index (χ1n) is 19.2. The van der Waals surface area contributed by atoms with Gasteiger partial charge in [-0.2, -0.15) is 0 Å². The molecule has 2 fully saturated rings. The lowest BCUT2D eigenvalue weighted by Crippen LogP contribution is -2.38. The normalized spacial score (nSPS) is 15.5. The lowest BCUT2D eigenvalue weighted by Gasteiger charge is -2.32. The number of nitrogens with one attached hydrogen (secondary N) is 1. The van der Waals surface area contributed by atoms with Crippen molar-refractivity contribution in [3.8, 4) is 22.4 Å². The summed E-state index contributed by atoms with van der Waals surface area (Å²) >= 11 is 1.32. The molecular weight excluding hydrogens is 675 g/mol. The Balaban J connectivity index is 1.01. The third kappa shape index (κ3) is 10.2. The van der Waals surface area contributed by atoms with Gasteiger partial charge in [-0.1, -0.05) is 103 Å². The molecule has 2 aliphatic heterocycles. The topological polar surface area (TPSA) is 78.4 Å². The Morgan fingerprint density at radius 3 is 2.09 bits per heavy atom. The molecule has 2 aliphatic rings. The molecule has 272 valence electrons. The summed E-state index contributed by atoms with van der Waals surface area (Å²) in [4.78, 5) is 31.4. The Bertz CT molecular complexity index is 1960. The summed E-state index contributed by atoms with van der Waals surface area (Å²) in [6, 6.07) is 34.3. The van der Waals surface area contributed by atoms with Crippen molar-refractivity contribution >= 4 is 29.4 Å². The number of piperidine rings is 2. The van der Waals surface area contributed by atoms with Crippen molar-refractivity contribution < 1.29 is 9.59 Å². The number of nitrogens with zero attached hydrogens (tertiary/aromatic N) is 4. The maximum Gasteiger partial charge on any atom is 0.253 e. The van der Waals surface area contributed by atoms with Crippen LogP contribution in [0.5, 0.6) is 0 Å². The van der Waals surface area contributed by atoms with Crippen LogP contribution < -0.4 is 5.32 Å². The predicted octanol–water partition coefficient (Wildman–Crippen LogP) is 9.14. The molecule has 3 heterocycles. The van der Waals surface area contributed by atoms with Crippen LogP contribution in [-0.4, -0.2) is 57.4 Å². The van der Waals surface area contributed by atoms with Crippen LogP contribution in [0.15, 0.2) is 115 Å². The van der Waals surface area contributed by atoms with Gasteiger partial charge in [0.25, 0.3) is 5.91 Å². The molecule has 53 heavy (non-hydrogen) atoms. The fourth-order valence-corrected chi connectivity index (χ4v) is 8.23.